The number of aromatic nitrogens is 2. The number of carbonyl (C=O) groups is 1. The maximum Gasteiger partial charge on any atom is 0.268 e. The number of para-hydroxylation sites is 1. The average Bonchev–Trinajstić information content (AvgIpc) is 3.09. The molecular weight excluding hydrogens is 478 g/mol. The van der Waals surface area contributed by atoms with Gasteiger partial charge in [-0.2, -0.15) is 0 Å². The molecule has 4 rings (SSSR count). The topological polar surface area (TPSA) is 128 Å². The molecule has 0 aliphatic carbocycles. The predicted octanol–water partition coefficient (Wildman–Crippen LogP) is 3.79. The first kappa shape index (κ1) is 25.4. The van der Waals surface area contributed by atoms with Crippen LogP contribution >= 0.6 is 0 Å². The molecule has 0 spiro atoms. The molecule has 1 aromatic carbocycles. The summed E-state index contributed by atoms with van der Waals surface area (Å²) in [6, 6.07) is 11.8. The molecule has 1 aliphatic heterocycles. The third-order valence-corrected chi connectivity index (χ3v) is 7.84. The Morgan fingerprint density at radius 3 is 2.58 bits per heavy atom. The van der Waals surface area contributed by atoms with E-state index in [0.29, 0.717) is 29.7 Å². The molecule has 3 N–H and O–H groups in total. The lowest BCUT2D eigenvalue weighted by Crippen LogP contribution is -2.41. The van der Waals surface area contributed by atoms with Crippen LogP contribution in [0.5, 0.6) is 5.75 Å². The van der Waals surface area contributed by atoms with Gasteiger partial charge in [-0.25, -0.2) is 23.1 Å². The van der Waals surface area contributed by atoms with E-state index in [1.54, 1.807) is 19.2 Å². The third-order valence-electron chi connectivity index (χ3n) is 6.46. The molecule has 36 heavy (non-hydrogen) atoms. The quantitative estimate of drug-likeness (QED) is 0.514. The summed E-state index contributed by atoms with van der Waals surface area (Å²) >= 11 is 0. The van der Waals surface area contributed by atoms with Crippen molar-refractivity contribution in [3.05, 3.63) is 59.8 Å². The van der Waals surface area contributed by atoms with E-state index in [9.17, 15) is 13.2 Å². The fourth-order valence-electron chi connectivity index (χ4n) is 4.93. The molecule has 2 aromatic heterocycles. The minimum Gasteiger partial charge on any atom is -0.496 e. The van der Waals surface area contributed by atoms with Gasteiger partial charge in [0.15, 0.2) is 0 Å². The number of anilines is 2. The van der Waals surface area contributed by atoms with Gasteiger partial charge < -0.3 is 15.4 Å². The summed E-state index contributed by atoms with van der Waals surface area (Å²) in [5.41, 5.74) is 7.97. The number of nitrogens with one attached hydrogen (secondary N) is 1. The highest BCUT2D eigenvalue weighted by molar-refractivity contribution is 7.90. The highest BCUT2D eigenvalue weighted by atomic mass is 32.2. The third kappa shape index (κ3) is 4.73. The van der Waals surface area contributed by atoms with Gasteiger partial charge in [0.25, 0.3) is 15.9 Å². The molecule has 1 saturated heterocycles. The van der Waals surface area contributed by atoms with E-state index in [2.05, 4.69) is 35.4 Å². The molecule has 0 radical (unpaired) electrons. The molecule has 1 atom stereocenters. The van der Waals surface area contributed by atoms with Crippen LogP contribution in [0.25, 0.3) is 11.3 Å². The van der Waals surface area contributed by atoms with E-state index in [1.807, 2.05) is 25.1 Å². The Kier molecular flexibility index (Phi) is 6.66. The summed E-state index contributed by atoms with van der Waals surface area (Å²) in [6.45, 7) is 8.95. The number of carbonyl (C=O) groups excluding carboxylic acids is 1. The van der Waals surface area contributed by atoms with Crippen LogP contribution in [-0.2, 0) is 10.0 Å². The van der Waals surface area contributed by atoms with E-state index < -0.39 is 15.9 Å². The Bertz CT molecular complexity index is 1420. The van der Waals surface area contributed by atoms with Crippen molar-refractivity contribution >= 4 is 27.6 Å². The van der Waals surface area contributed by atoms with Crippen LogP contribution in [-0.4, -0.2) is 43.5 Å². The Labute approximate surface area is 211 Å². The first-order valence-corrected chi connectivity index (χ1v) is 13.1. The summed E-state index contributed by atoms with van der Waals surface area (Å²) in [4.78, 5) is 23.9. The molecule has 10 heteroatoms. The van der Waals surface area contributed by atoms with Crippen molar-refractivity contribution < 1.29 is 17.9 Å². The smallest absolute Gasteiger partial charge is 0.268 e. The zero-order chi connectivity index (χ0) is 26.3. The molecule has 190 valence electrons. The number of methoxy groups -OCH3 is 1. The summed E-state index contributed by atoms with van der Waals surface area (Å²) in [5, 5.41) is 0. The van der Waals surface area contributed by atoms with E-state index >= 15 is 0 Å². The maximum absolute atomic E-state index is 13.4. The molecule has 0 bridgehead atoms. The summed E-state index contributed by atoms with van der Waals surface area (Å²) in [7, 11) is -2.64. The van der Waals surface area contributed by atoms with Crippen molar-refractivity contribution in [2.45, 2.75) is 44.6 Å². The molecule has 3 aromatic rings. The van der Waals surface area contributed by atoms with Gasteiger partial charge in [-0.3, -0.25) is 4.79 Å². The van der Waals surface area contributed by atoms with Crippen LogP contribution in [0.3, 0.4) is 0 Å². The second-order valence-corrected chi connectivity index (χ2v) is 11.4. The second-order valence-electron chi connectivity index (χ2n) is 9.78. The summed E-state index contributed by atoms with van der Waals surface area (Å²) in [6.07, 6.45) is 2.28. The number of benzene rings is 1. The molecule has 3 heterocycles. The van der Waals surface area contributed by atoms with Crippen LogP contribution in [0, 0.1) is 12.8 Å². The predicted molar refractivity (Wildman–Crippen MR) is 139 cm³/mol. The molecule has 9 nitrogen and oxygen atoms in total. The van der Waals surface area contributed by atoms with Crippen molar-refractivity contribution in [3.63, 3.8) is 0 Å². The number of ether oxygens (including phenoxy) is 1. The highest BCUT2D eigenvalue weighted by Gasteiger charge is 2.39. The normalized spacial score (nSPS) is 17.1. The van der Waals surface area contributed by atoms with Crippen molar-refractivity contribution in [2.75, 3.05) is 24.3 Å². The second kappa shape index (κ2) is 9.42. The number of aryl methyl sites for hydroxylation is 1. The molecule has 0 saturated carbocycles. The lowest BCUT2D eigenvalue weighted by Gasteiger charge is -2.34. The monoisotopic (exact) mass is 509 g/mol. The Balaban J connectivity index is 1.82. The lowest BCUT2D eigenvalue weighted by molar-refractivity contribution is 0.0981. The van der Waals surface area contributed by atoms with Crippen molar-refractivity contribution in [3.8, 4) is 17.0 Å². The van der Waals surface area contributed by atoms with Gasteiger partial charge in [-0.15, -0.1) is 0 Å². The van der Waals surface area contributed by atoms with E-state index in [-0.39, 0.29) is 21.8 Å². The summed E-state index contributed by atoms with van der Waals surface area (Å²) < 4.78 is 33.7. The number of sulfonamides is 1. The molecule has 1 aliphatic rings. The highest BCUT2D eigenvalue weighted by Crippen LogP contribution is 2.39. The van der Waals surface area contributed by atoms with Gasteiger partial charge in [0.05, 0.1) is 18.4 Å². The van der Waals surface area contributed by atoms with Gasteiger partial charge in [0, 0.05) is 23.8 Å². The largest absolute Gasteiger partial charge is 0.496 e. The minimum absolute atomic E-state index is 0.151. The number of hydrogen-bond acceptors (Lipinski definition) is 8. The maximum atomic E-state index is 13.4. The number of nitrogens with zero attached hydrogens (tertiary/aromatic N) is 3. The van der Waals surface area contributed by atoms with Crippen LogP contribution < -0.4 is 20.1 Å². The Hall–Kier alpha value is -3.66. The van der Waals surface area contributed by atoms with E-state index in [4.69, 9.17) is 15.5 Å². The number of pyridine rings is 2. The van der Waals surface area contributed by atoms with E-state index in [0.717, 1.165) is 17.5 Å². The van der Waals surface area contributed by atoms with Gasteiger partial charge >= 0.3 is 0 Å². The molecule has 1 fully saturated rings. The average molecular weight is 510 g/mol. The van der Waals surface area contributed by atoms with Gasteiger partial charge in [0.2, 0.25) is 0 Å². The summed E-state index contributed by atoms with van der Waals surface area (Å²) in [5.74, 6) is 0.495. The molecule has 1 amide bonds. The van der Waals surface area contributed by atoms with Crippen LogP contribution in [0.15, 0.2) is 53.6 Å². The first-order valence-electron chi connectivity index (χ1n) is 11.6. The Morgan fingerprint density at radius 2 is 1.94 bits per heavy atom. The van der Waals surface area contributed by atoms with Gasteiger partial charge in [-0.1, -0.05) is 19.1 Å². The number of nitrogen functional groups attached to an aromatic ring is 1. The minimum atomic E-state index is -4.25. The van der Waals surface area contributed by atoms with Gasteiger partial charge in [0.1, 0.15) is 22.3 Å². The molecule has 0 unspecified atom stereocenters. The first-order chi connectivity index (χ1) is 16.9. The fourth-order valence-corrected chi connectivity index (χ4v) is 5.98. The van der Waals surface area contributed by atoms with Gasteiger partial charge in [-0.05, 0) is 69.0 Å². The molecular formula is C26H31N5O4S. The number of hydrogen-bond donors (Lipinski definition) is 2. The van der Waals surface area contributed by atoms with Crippen LogP contribution in [0.1, 0.15) is 43.1 Å². The zero-order valence-corrected chi connectivity index (χ0v) is 21.9. The Morgan fingerprint density at radius 1 is 1.19 bits per heavy atom. The lowest BCUT2D eigenvalue weighted by atomic mass is 9.97. The van der Waals surface area contributed by atoms with Crippen molar-refractivity contribution in [2.24, 2.45) is 5.92 Å². The van der Waals surface area contributed by atoms with Crippen LogP contribution in [0.2, 0.25) is 0 Å². The zero-order valence-electron chi connectivity index (χ0n) is 21.1. The SMILES string of the molecule is COc1c(C)cccc1-c1ccc(C(=O)NS(=O)(=O)c2cccnc2N)c(N2C[C@@H](C)CC2(C)C)n1. The number of amides is 1. The van der Waals surface area contributed by atoms with Crippen molar-refractivity contribution in [1.82, 2.24) is 14.7 Å². The standard InChI is InChI=1S/C26H31N5O4S/c1-16-14-26(3,4)31(15-16)24-19(25(32)30-36(33,34)21-10-7-13-28-23(21)27)11-12-20(29-24)18-9-6-8-17(2)22(18)35-5/h6-13,16H,14-15H2,1-5H3,(H2,27,28)(H,30,32)/t16-/m0/s1. The van der Waals surface area contributed by atoms with Crippen molar-refractivity contribution in [1.29, 1.82) is 0 Å². The fraction of sp³-hybridized carbons (Fsp3) is 0.346. The number of nitrogens with two attached hydrogens (primary N) is 1. The number of rotatable bonds is 6. The van der Waals surface area contributed by atoms with E-state index in [1.165, 1.54) is 18.3 Å². The van der Waals surface area contributed by atoms with Crippen LogP contribution in [0.4, 0.5) is 11.6 Å².